The molecule has 3 aromatic carbocycles. The van der Waals surface area contributed by atoms with Crippen molar-refractivity contribution in [2.45, 2.75) is 20.8 Å². The van der Waals surface area contributed by atoms with Gasteiger partial charge in [0.2, 0.25) is 0 Å². The van der Waals surface area contributed by atoms with Crippen molar-refractivity contribution in [2.24, 2.45) is 0 Å². The number of hydrogen-bond acceptors (Lipinski definition) is 4. The molecule has 0 aliphatic heterocycles. The maximum Gasteiger partial charge on any atom is 2.00 e. The summed E-state index contributed by atoms with van der Waals surface area (Å²) in [5, 5.41) is 0. The Morgan fingerprint density at radius 3 is 1.00 bits per heavy atom. The molecule has 0 aliphatic rings. The Morgan fingerprint density at radius 2 is 0.786 bits per heavy atom. The summed E-state index contributed by atoms with van der Waals surface area (Å²) in [4.78, 5) is 0. The van der Waals surface area contributed by atoms with Crippen molar-refractivity contribution in [3.63, 3.8) is 0 Å². The predicted octanol–water partition coefficient (Wildman–Crippen LogP) is 5.28. The molecule has 3 aromatic rings. The van der Waals surface area contributed by atoms with Gasteiger partial charge < -0.3 is 21.9 Å². The Balaban J connectivity index is 0. The Hall–Kier alpha value is -1.98. The van der Waals surface area contributed by atoms with E-state index in [0.29, 0.717) is 17.2 Å². The number of hydrogen-bond donors (Lipinski definition) is 0. The fraction of sp³-hybridized carbons (Fsp3) is 0.143. The van der Waals surface area contributed by atoms with E-state index in [2.05, 4.69) is 0 Å². The van der Waals surface area contributed by atoms with Crippen molar-refractivity contribution in [1.29, 1.82) is 0 Å². The van der Waals surface area contributed by atoms with Crippen LogP contribution in [0.25, 0.3) is 0 Å². The normalized spacial score (nSPS) is 10.2. The standard InChI is InChI=1S/C21H21O4P.Mg.H2O.2H/c1-16-4-10-19(11-5-16)23-26(22,24-20-12-6-17(2)7-13-20)25-21-14-8-18(3)9-15-21;;;;/h4-15H,1-3H3;;1H2;;/q;+2;;2*-1. The summed E-state index contributed by atoms with van der Waals surface area (Å²) in [6.07, 6.45) is 0. The number of phosphoric acid groups is 1. The topological polar surface area (TPSA) is 76.3 Å². The molecule has 3 rings (SSSR count). The van der Waals surface area contributed by atoms with E-state index < -0.39 is 7.82 Å². The fourth-order valence-electron chi connectivity index (χ4n) is 2.24. The molecule has 0 bridgehead atoms. The van der Waals surface area contributed by atoms with Gasteiger partial charge in [0.1, 0.15) is 17.2 Å². The number of rotatable bonds is 6. The van der Waals surface area contributed by atoms with Crippen LogP contribution < -0.4 is 13.6 Å². The van der Waals surface area contributed by atoms with Gasteiger partial charge in [0.15, 0.2) is 0 Å². The molecule has 0 heterocycles. The molecule has 7 heteroatoms. The second kappa shape index (κ2) is 10.5. The van der Waals surface area contributed by atoms with Gasteiger partial charge in [-0.05, 0) is 57.2 Å². The van der Waals surface area contributed by atoms with E-state index in [9.17, 15) is 4.57 Å². The smallest absolute Gasteiger partial charge is 1.00 e. The van der Waals surface area contributed by atoms with Crippen molar-refractivity contribution in [3.05, 3.63) is 89.5 Å². The second-order valence-corrected chi connectivity index (χ2v) is 7.60. The summed E-state index contributed by atoms with van der Waals surface area (Å²) in [6.45, 7) is 5.90. The average Bonchev–Trinajstić information content (AvgIpc) is 2.61. The van der Waals surface area contributed by atoms with Gasteiger partial charge in [0, 0.05) is 0 Å². The quantitative estimate of drug-likeness (QED) is 0.408. The van der Waals surface area contributed by atoms with E-state index in [1.54, 1.807) is 36.4 Å². The van der Waals surface area contributed by atoms with E-state index in [-0.39, 0.29) is 31.4 Å². The minimum atomic E-state index is -3.93. The molecule has 0 radical (unpaired) electrons. The van der Waals surface area contributed by atoms with Crippen LogP contribution in [0.3, 0.4) is 0 Å². The van der Waals surface area contributed by atoms with E-state index >= 15 is 0 Å². The molecule has 0 fully saturated rings. The molecule has 0 saturated heterocycles. The molecule has 5 nitrogen and oxygen atoms in total. The Labute approximate surface area is 184 Å². The monoisotopic (exact) mass is 412 g/mol. The third-order valence-corrected chi connectivity index (χ3v) is 5.02. The number of aryl methyl sites for hydroxylation is 3. The van der Waals surface area contributed by atoms with Crippen LogP contribution in [-0.2, 0) is 4.57 Å². The second-order valence-electron chi connectivity index (χ2n) is 6.16. The van der Waals surface area contributed by atoms with Gasteiger partial charge in [-0.1, -0.05) is 53.1 Å². The van der Waals surface area contributed by atoms with Gasteiger partial charge in [-0.25, -0.2) is 0 Å². The Morgan fingerprint density at radius 1 is 0.571 bits per heavy atom. The maximum atomic E-state index is 13.3. The van der Waals surface area contributed by atoms with Crippen LogP contribution in [0.5, 0.6) is 17.2 Å². The molecule has 0 aromatic heterocycles. The molecule has 2 N–H and O–H groups in total. The fourth-order valence-corrected chi connectivity index (χ4v) is 3.49. The third-order valence-electron chi connectivity index (χ3n) is 3.71. The molecule has 0 saturated carbocycles. The predicted molar refractivity (Wildman–Crippen MR) is 115 cm³/mol. The van der Waals surface area contributed by atoms with E-state index in [1.807, 2.05) is 57.2 Å². The largest absolute Gasteiger partial charge is 2.00 e. The van der Waals surface area contributed by atoms with Crippen molar-refractivity contribution in [3.8, 4) is 17.2 Å². The molecule has 0 spiro atoms. The zero-order valence-corrected chi connectivity index (χ0v) is 18.5. The zero-order valence-electron chi connectivity index (χ0n) is 18.2. The van der Waals surface area contributed by atoms with Gasteiger partial charge in [-0.2, -0.15) is 4.57 Å². The summed E-state index contributed by atoms with van der Waals surface area (Å²) >= 11 is 0. The van der Waals surface area contributed by atoms with E-state index in [4.69, 9.17) is 13.6 Å². The van der Waals surface area contributed by atoms with E-state index in [1.165, 1.54) is 0 Å². The van der Waals surface area contributed by atoms with Gasteiger partial charge in [-0.3, -0.25) is 0 Å². The van der Waals surface area contributed by atoms with Crippen molar-refractivity contribution >= 4 is 30.9 Å². The van der Waals surface area contributed by atoms with Crippen molar-refractivity contribution in [2.75, 3.05) is 0 Å². The molecule has 0 unspecified atom stereocenters. The van der Waals surface area contributed by atoms with Gasteiger partial charge in [0.25, 0.3) is 0 Å². The molecule has 28 heavy (non-hydrogen) atoms. The molecular weight excluding hydrogens is 388 g/mol. The van der Waals surface area contributed by atoms with Crippen LogP contribution in [0.4, 0.5) is 0 Å². The van der Waals surface area contributed by atoms with Crippen LogP contribution in [0, 0.1) is 20.8 Å². The van der Waals surface area contributed by atoms with Gasteiger partial charge >= 0.3 is 30.9 Å². The van der Waals surface area contributed by atoms with Crippen LogP contribution >= 0.6 is 7.82 Å². The summed E-state index contributed by atoms with van der Waals surface area (Å²) in [6, 6.07) is 21.6. The number of benzene rings is 3. The SMILES string of the molecule is Cc1ccc(OP(=O)(Oc2ccc(C)cc2)Oc2ccc(C)cc2)cc1.O.[H-].[H-].[Mg+2]. The van der Waals surface area contributed by atoms with E-state index in [0.717, 1.165) is 16.7 Å². The summed E-state index contributed by atoms with van der Waals surface area (Å²) < 4.78 is 30.2. The molecular formula is C21H25MgO5P. The summed E-state index contributed by atoms with van der Waals surface area (Å²) in [7, 11) is -3.93. The van der Waals surface area contributed by atoms with Crippen molar-refractivity contribution in [1.82, 2.24) is 0 Å². The van der Waals surface area contributed by atoms with Crippen LogP contribution in [0.15, 0.2) is 72.8 Å². The molecule has 0 amide bonds. The van der Waals surface area contributed by atoms with Crippen LogP contribution in [0.1, 0.15) is 19.5 Å². The first-order valence-corrected chi connectivity index (χ1v) is 9.77. The minimum absolute atomic E-state index is 0. The molecule has 146 valence electrons. The third kappa shape index (κ3) is 6.88. The van der Waals surface area contributed by atoms with Gasteiger partial charge in [-0.15, -0.1) is 0 Å². The summed E-state index contributed by atoms with van der Waals surface area (Å²) in [5.41, 5.74) is 3.23. The van der Waals surface area contributed by atoms with Crippen molar-refractivity contribution < 1.29 is 26.5 Å². The Kier molecular flexibility index (Phi) is 9.05. The summed E-state index contributed by atoms with van der Waals surface area (Å²) in [5.74, 6) is 1.24. The molecule has 0 aliphatic carbocycles. The van der Waals surface area contributed by atoms with Crippen LogP contribution in [0.2, 0.25) is 0 Å². The first-order chi connectivity index (χ1) is 12.4. The first kappa shape index (κ1) is 24.1. The first-order valence-electron chi connectivity index (χ1n) is 8.31. The zero-order chi connectivity index (χ0) is 18.6. The maximum absolute atomic E-state index is 13.3. The number of phosphoric ester groups is 1. The van der Waals surface area contributed by atoms with Crippen LogP contribution in [-0.4, -0.2) is 28.5 Å². The molecule has 0 atom stereocenters. The van der Waals surface area contributed by atoms with Gasteiger partial charge in [0.05, 0.1) is 0 Å². The minimum Gasteiger partial charge on any atom is -1.00 e. The average molecular weight is 413 g/mol. The Bertz CT molecular complexity index is 797.